The smallest absolute Gasteiger partial charge is 0.352 e. The third-order valence-corrected chi connectivity index (χ3v) is 4.59. The maximum absolute atomic E-state index is 12.4. The van der Waals surface area contributed by atoms with Crippen LogP contribution in [-0.2, 0) is 11.3 Å². The molecule has 1 aliphatic rings. The maximum Gasteiger partial charge on any atom is 0.352 e. The third kappa shape index (κ3) is 2.66. The van der Waals surface area contributed by atoms with Gasteiger partial charge < -0.3 is 5.32 Å². The molecule has 0 spiro atoms. The van der Waals surface area contributed by atoms with Crippen LogP contribution in [0.1, 0.15) is 32.1 Å². The zero-order chi connectivity index (χ0) is 16.5. The molecule has 0 aliphatic heterocycles. The number of para-hydroxylation sites is 1. The Labute approximate surface area is 138 Å². The molecule has 1 aromatic carbocycles. The van der Waals surface area contributed by atoms with Crippen molar-refractivity contribution in [3.05, 3.63) is 41.1 Å². The van der Waals surface area contributed by atoms with Crippen LogP contribution in [0, 0.1) is 0 Å². The highest BCUT2D eigenvalue weighted by atomic mass is 16.2. The fourth-order valence-electron chi connectivity index (χ4n) is 3.36. The molecule has 7 nitrogen and oxygen atoms in total. The van der Waals surface area contributed by atoms with Crippen molar-refractivity contribution in [2.75, 3.05) is 0 Å². The average Bonchev–Trinajstić information content (AvgIpc) is 2.92. The van der Waals surface area contributed by atoms with Crippen molar-refractivity contribution in [1.29, 1.82) is 0 Å². The van der Waals surface area contributed by atoms with E-state index in [2.05, 4.69) is 15.4 Å². The predicted octanol–water partition coefficient (Wildman–Crippen LogP) is 1.49. The maximum atomic E-state index is 12.4. The van der Waals surface area contributed by atoms with Crippen molar-refractivity contribution >= 4 is 22.5 Å². The minimum atomic E-state index is -0.345. The van der Waals surface area contributed by atoms with Crippen LogP contribution in [-0.4, -0.2) is 31.1 Å². The van der Waals surface area contributed by atoms with Gasteiger partial charge in [0.25, 0.3) is 0 Å². The molecule has 0 atom stereocenters. The quantitative estimate of drug-likeness (QED) is 0.791. The summed E-state index contributed by atoms with van der Waals surface area (Å²) in [6, 6.07) is 7.73. The van der Waals surface area contributed by atoms with Crippen molar-refractivity contribution in [3.63, 3.8) is 0 Å². The minimum Gasteiger partial charge on any atom is -0.352 e. The van der Waals surface area contributed by atoms with Crippen LogP contribution in [0.15, 0.2) is 35.4 Å². The van der Waals surface area contributed by atoms with E-state index in [4.69, 9.17) is 0 Å². The van der Waals surface area contributed by atoms with Gasteiger partial charge in [-0.1, -0.05) is 31.4 Å². The van der Waals surface area contributed by atoms with Crippen LogP contribution in [0.5, 0.6) is 0 Å². The second-order valence-corrected chi connectivity index (χ2v) is 6.30. The zero-order valence-electron chi connectivity index (χ0n) is 13.3. The van der Waals surface area contributed by atoms with Crippen LogP contribution in [0.25, 0.3) is 16.6 Å². The normalized spacial score (nSPS) is 15.8. The number of nitrogens with zero attached hydrogens (tertiary/aromatic N) is 4. The molecule has 0 unspecified atom stereocenters. The van der Waals surface area contributed by atoms with Gasteiger partial charge in [0.2, 0.25) is 5.91 Å². The number of amides is 1. The van der Waals surface area contributed by atoms with Crippen LogP contribution < -0.4 is 11.0 Å². The Morgan fingerprint density at radius 3 is 2.83 bits per heavy atom. The van der Waals surface area contributed by atoms with Gasteiger partial charge in [-0.15, -0.1) is 5.10 Å². The highest BCUT2D eigenvalue weighted by Crippen LogP contribution is 2.17. The number of rotatable bonds is 3. The van der Waals surface area contributed by atoms with Crippen molar-refractivity contribution in [2.45, 2.75) is 44.7 Å². The van der Waals surface area contributed by atoms with Gasteiger partial charge in [-0.2, -0.15) is 0 Å². The van der Waals surface area contributed by atoms with Crippen LogP contribution in [0.2, 0.25) is 0 Å². The lowest BCUT2D eigenvalue weighted by atomic mass is 9.95. The summed E-state index contributed by atoms with van der Waals surface area (Å²) in [5.74, 6) is -0.162. The summed E-state index contributed by atoms with van der Waals surface area (Å²) in [5, 5.41) is 8.15. The Bertz CT molecular complexity index is 952. The third-order valence-electron chi connectivity index (χ3n) is 4.59. The first-order chi connectivity index (χ1) is 11.7. The number of carbonyl (C=O) groups is 1. The van der Waals surface area contributed by atoms with Gasteiger partial charge in [0.05, 0.1) is 5.52 Å². The highest BCUT2D eigenvalue weighted by molar-refractivity contribution is 5.90. The summed E-state index contributed by atoms with van der Waals surface area (Å²) in [6.45, 7) is -0.0641. The molecular weight excluding hydrogens is 306 g/mol. The Balaban J connectivity index is 1.62. The van der Waals surface area contributed by atoms with Crippen molar-refractivity contribution in [1.82, 2.24) is 24.5 Å². The Morgan fingerprint density at radius 1 is 1.21 bits per heavy atom. The second-order valence-electron chi connectivity index (χ2n) is 6.30. The first-order valence-electron chi connectivity index (χ1n) is 8.34. The summed E-state index contributed by atoms with van der Waals surface area (Å²) >= 11 is 0. The summed E-state index contributed by atoms with van der Waals surface area (Å²) in [5.41, 5.74) is 0.951. The summed E-state index contributed by atoms with van der Waals surface area (Å²) in [6.07, 6.45) is 7.02. The fourth-order valence-corrected chi connectivity index (χ4v) is 3.36. The predicted molar refractivity (Wildman–Crippen MR) is 89.8 cm³/mol. The SMILES string of the molecule is O=C(Cn1nc2c3ccccc3ncn2c1=O)NC1CCCCC1. The van der Waals surface area contributed by atoms with Gasteiger partial charge in [-0.3, -0.25) is 4.79 Å². The molecule has 0 radical (unpaired) electrons. The topological polar surface area (TPSA) is 81.3 Å². The zero-order valence-corrected chi connectivity index (χ0v) is 13.3. The first kappa shape index (κ1) is 14.9. The summed E-state index contributed by atoms with van der Waals surface area (Å²) in [7, 11) is 0. The van der Waals surface area contributed by atoms with E-state index in [0.717, 1.165) is 36.6 Å². The molecule has 1 saturated carbocycles. The van der Waals surface area contributed by atoms with E-state index in [9.17, 15) is 9.59 Å². The van der Waals surface area contributed by atoms with Gasteiger partial charge in [-0.25, -0.2) is 18.9 Å². The van der Waals surface area contributed by atoms with Gasteiger partial charge >= 0.3 is 5.69 Å². The largest absolute Gasteiger partial charge is 0.352 e. The van der Waals surface area contributed by atoms with Crippen LogP contribution >= 0.6 is 0 Å². The van der Waals surface area contributed by atoms with E-state index in [1.54, 1.807) is 0 Å². The molecule has 1 aliphatic carbocycles. The van der Waals surface area contributed by atoms with Crippen molar-refractivity contribution < 1.29 is 4.79 Å². The number of nitrogens with one attached hydrogen (secondary N) is 1. The van der Waals surface area contributed by atoms with Gasteiger partial charge in [0.1, 0.15) is 12.9 Å². The number of benzene rings is 1. The molecule has 2 heterocycles. The van der Waals surface area contributed by atoms with E-state index in [1.807, 2.05) is 24.3 Å². The molecule has 124 valence electrons. The lowest BCUT2D eigenvalue weighted by Gasteiger charge is -2.22. The lowest BCUT2D eigenvalue weighted by Crippen LogP contribution is -2.40. The van der Waals surface area contributed by atoms with Gasteiger partial charge in [0.15, 0.2) is 5.65 Å². The molecule has 0 bridgehead atoms. The van der Waals surface area contributed by atoms with Crippen LogP contribution in [0.3, 0.4) is 0 Å². The molecular formula is C17H19N5O2. The number of hydrogen-bond donors (Lipinski definition) is 1. The average molecular weight is 325 g/mol. The summed E-state index contributed by atoms with van der Waals surface area (Å²) in [4.78, 5) is 28.9. The van der Waals surface area contributed by atoms with Crippen molar-refractivity contribution in [3.8, 4) is 0 Å². The molecule has 7 heteroatoms. The van der Waals surface area contributed by atoms with E-state index in [1.165, 1.54) is 21.8 Å². The number of aromatic nitrogens is 4. The first-order valence-corrected chi connectivity index (χ1v) is 8.34. The Morgan fingerprint density at radius 2 is 2.00 bits per heavy atom. The molecule has 1 fully saturated rings. The summed E-state index contributed by atoms with van der Waals surface area (Å²) < 4.78 is 2.60. The number of fused-ring (bicyclic) bond motifs is 3. The van der Waals surface area contributed by atoms with Crippen LogP contribution in [0.4, 0.5) is 0 Å². The molecule has 3 aromatic rings. The molecule has 24 heavy (non-hydrogen) atoms. The molecule has 1 amide bonds. The van der Waals surface area contributed by atoms with E-state index < -0.39 is 0 Å². The molecule has 0 saturated heterocycles. The van der Waals surface area contributed by atoms with Crippen molar-refractivity contribution in [2.24, 2.45) is 0 Å². The number of hydrogen-bond acceptors (Lipinski definition) is 4. The standard InChI is InChI=1S/C17H19N5O2/c23-15(19-12-6-2-1-3-7-12)10-22-17(24)21-11-18-14-9-5-4-8-13(14)16(21)20-22/h4-5,8-9,11-12H,1-3,6-7,10H2,(H,19,23). The van der Waals surface area contributed by atoms with E-state index >= 15 is 0 Å². The number of carbonyl (C=O) groups excluding carboxylic acids is 1. The Kier molecular flexibility index (Phi) is 3.76. The molecule has 2 aromatic heterocycles. The molecule has 1 N–H and O–H groups in total. The Hall–Kier alpha value is -2.70. The van der Waals surface area contributed by atoms with Gasteiger partial charge in [0, 0.05) is 11.4 Å². The molecule has 4 rings (SSSR count). The lowest BCUT2D eigenvalue weighted by molar-refractivity contribution is -0.122. The monoisotopic (exact) mass is 325 g/mol. The highest BCUT2D eigenvalue weighted by Gasteiger charge is 2.18. The van der Waals surface area contributed by atoms with E-state index in [0.29, 0.717) is 5.65 Å². The second kappa shape index (κ2) is 6.07. The van der Waals surface area contributed by atoms with Gasteiger partial charge in [-0.05, 0) is 25.0 Å². The minimum absolute atomic E-state index is 0.0641. The van der Waals surface area contributed by atoms with E-state index in [-0.39, 0.29) is 24.2 Å². The fraction of sp³-hybridized carbons (Fsp3) is 0.412.